The zero-order valence-corrected chi connectivity index (χ0v) is 24.7. The van der Waals surface area contributed by atoms with Gasteiger partial charge in [-0.1, -0.05) is 56.8 Å². The maximum absolute atomic E-state index is 14.2. The zero-order chi connectivity index (χ0) is 29.5. The van der Waals surface area contributed by atoms with Gasteiger partial charge in [0.1, 0.15) is 0 Å². The van der Waals surface area contributed by atoms with Crippen molar-refractivity contribution >= 4 is 28.6 Å². The molecule has 2 saturated carbocycles. The summed E-state index contributed by atoms with van der Waals surface area (Å²) in [4.78, 5) is 51.0. The summed E-state index contributed by atoms with van der Waals surface area (Å²) in [5, 5.41) is 13.9. The number of oxime groups is 1. The fourth-order valence-electron chi connectivity index (χ4n) is 8.60. The largest absolute Gasteiger partial charge is 0.476 e. The van der Waals surface area contributed by atoms with Crippen LogP contribution in [0.25, 0.3) is 11.0 Å². The SMILES string of the molecule is CC(C)C(ON=C(C(=O)O)c1nc2ccccc2n(C2C[C@H]3CCC[C@@H](C2)N3C2C[C@H]3CCC[C@@H](C2)C3)c1=O)C(N)=O. The normalized spacial score (nSPS) is 30.7. The van der Waals surface area contributed by atoms with Gasteiger partial charge in [0, 0.05) is 30.1 Å². The number of amides is 1. The highest BCUT2D eigenvalue weighted by Crippen LogP contribution is 2.47. The van der Waals surface area contributed by atoms with Crippen molar-refractivity contribution in [2.45, 2.75) is 115 Å². The predicted octanol–water partition coefficient (Wildman–Crippen LogP) is 4.24. The van der Waals surface area contributed by atoms with Crippen molar-refractivity contribution in [3.8, 4) is 0 Å². The topological polar surface area (TPSA) is 140 Å². The van der Waals surface area contributed by atoms with Gasteiger partial charge < -0.3 is 20.2 Å². The van der Waals surface area contributed by atoms with Crippen molar-refractivity contribution in [3.05, 3.63) is 40.3 Å². The number of benzene rings is 1. The van der Waals surface area contributed by atoms with Crippen LogP contribution in [0.1, 0.15) is 96.2 Å². The lowest BCUT2D eigenvalue weighted by molar-refractivity contribution is -0.134. The van der Waals surface area contributed by atoms with E-state index in [0.717, 1.165) is 37.5 Å². The van der Waals surface area contributed by atoms with Crippen LogP contribution < -0.4 is 11.3 Å². The molecule has 42 heavy (non-hydrogen) atoms. The Bertz CT molecular complexity index is 1410. The molecule has 2 aromatic rings. The van der Waals surface area contributed by atoms with Crippen LogP contribution >= 0.6 is 0 Å². The minimum Gasteiger partial charge on any atom is -0.476 e. The third-order valence-corrected chi connectivity index (χ3v) is 10.3. The number of carboxylic acid groups (broad SMARTS) is 1. The molecule has 6 rings (SSSR count). The number of nitrogens with zero attached hydrogens (tertiary/aromatic N) is 4. The summed E-state index contributed by atoms with van der Waals surface area (Å²) in [6, 6.07) is 8.74. The summed E-state index contributed by atoms with van der Waals surface area (Å²) in [6.45, 7) is 3.44. The summed E-state index contributed by atoms with van der Waals surface area (Å²) in [5.41, 5.74) is 5.23. The van der Waals surface area contributed by atoms with Gasteiger partial charge in [0.25, 0.3) is 11.5 Å². The Labute approximate surface area is 246 Å². The Balaban J connectivity index is 1.36. The molecule has 4 fully saturated rings. The van der Waals surface area contributed by atoms with Crippen LogP contribution in [0.5, 0.6) is 0 Å². The number of aliphatic carboxylic acids is 1. The Morgan fingerprint density at radius 2 is 1.60 bits per heavy atom. The van der Waals surface area contributed by atoms with Gasteiger partial charge in [0.2, 0.25) is 11.8 Å². The zero-order valence-electron chi connectivity index (χ0n) is 24.7. The molecule has 1 aromatic heterocycles. The fourth-order valence-corrected chi connectivity index (χ4v) is 8.60. The second kappa shape index (κ2) is 11.8. The summed E-state index contributed by atoms with van der Waals surface area (Å²) >= 11 is 0. The highest BCUT2D eigenvalue weighted by molar-refractivity contribution is 6.41. The van der Waals surface area contributed by atoms with Crippen molar-refractivity contribution in [1.29, 1.82) is 0 Å². The summed E-state index contributed by atoms with van der Waals surface area (Å²) in [5.74, 6) is -0.840. The predicted molar refractivity (Wildman–Crippen MR) is 159 cm³/mol. The average molecular weight is 578 g/mol. The highest BCUT2D eigenvalue weighted by Gasteiger charge is 2.45. The van der Waals surface area contributed by atoms with Gasteiger partial charge in [-0.3, -0.25) is 14.5 Å². The molecule has 226 valence electrons. The van der Waals surface area contributed by atoms with E-state index >= 15 is 0 Å². The average Bonchev–Trinajstić information content (AvgIpc) is 2.94. The van der Waals surface area contributed by atoms with E-state index in [1.807, 2.05) is 18.2 Å². The molecule has 2 aliphatic carbocycles. The Morgan fingerprint density at radius 3 is 2.21 bits per heavy atom. The number of nitrogens with two attached hydrogens (primary N) is 1. The number of para-hydroxylation sites is 2. The Morgan fingerprint density at radius 1 is 0.952 bits per heavy atom. The van der Waals surface area contributed by atoms with E-state index in [0.29, 0.717) is 29.2 Å². The number of carbonyl (C=O) groups is 2. The monoisotopic (exact) mass is 577 g/mol. The van der Waals surface area contributed by atoms with Gasteiger partial charge in [-0.05, 0) is 68.9 Å². The molecule has 3 N–H and O–H groups in total. The molecule has 7 atom stereocenters. The van der Waals surface area contributed by atoms with Crippen LogP contribution in [0.15, 0.2) is 34.2 Å². The molecule has 2 saturated heterocycles. The van der Waals surface area contributed by atoms with Gasteiger partial charge in [0.05, 0.1) is 11.0 Å². The van der Waals surface area contributed by atoms with Crippen LogP contribution in [-0.2, 0) is 14.4 Å². The quantitative estimate of drug-likeness (QED) is 0.353. The summed E-state index contributed by atoms with van der Waals surface area (Å²) in [6.07, 6.45) is 12.2. The van der Waals surface area contributed by atoms with Gasteiger partial charge in [0.15, 0.2) is 5.69 Å². The number of fused-ring (bicyclic) bond motifs is 5. The molecular formula is C32H43N5O5. The van der Waals surface area contributed by atoms with Crippen LogP contribution in [0.3, 0.4) is 0 Å². The van der Waals surface area contributed by atoms with E-state index in [4.69, 9.17) is 10.6 Å². The third-order valence-electron chi connectivity index (χ3n) is 10.3. The highest BCUT2D eigenvalue weighted by atomic mass is 16.6. The number of piperidine rings is 2. The molecule has 3 heterocycles. The van der Waals surface area contributed by atoms with E-state index in [-0.39, 0.29) is 17.7 Å². The minimum absolute atomic E-state index is 0.0798. The van der Waals surface area contributed by atoms with Crippen LogP contribution in [0, 0.1) is 17.8 Å². The van der Waals surface area contributed by atoms with E-state index < -0.39 is 29.3 Å². The third kappa shape index (κ3) is 5.45. The minimum atomic E-state index is -1.46. The molecule has 4 aliphatic rings. The second-order valence-corrected chi connectivity index (χ2v) is 13.4. The molecule has 3 unspecified atom stereocenters. The smallest absolute Gasteiger partial charge is 0.360 e. The van der Waals surface area contributed by atoms with Crippen molar-refractivity contribution in [3.63, 3.8) is 0 Å². The number of carbonyl (C=O) groups excluding carboxylic acids is 1. The first-order valence-electron chi connectivity index (χ1n) is 15.8. The van der Waals surface area contributed by atoms with Gasteiger partial charge in [-0.15, -0.1) is 0 Å². The number of carboxylic acids is 1. The maximum Gasteiger partial charge on any atom is 0.360 e. The molecule has 2 aliphatic heterocycles. The number of hydrogen-bond donors (Lipinski definition) is 2. The molecule has 10 heteroatoms. The van der Waals surface area contributed by atoms with Crippen LogP contribution in [0.2, 0.25) is 0 Å². The lowest BCUT2D eigenvalue weighted by atomic mass is 9.68. The molecular weight excluding hydrogens is 534 g/mol. The lowest BCUT2D eigenvalue weighted by Gasteiger charge is -2.55. The lowest BCUT2D eigenvalue weighted by Crippen LogP contribution is -2.58. The first kappa shape index (κ1) is 28.8. The van der Waals surface area contributed by atoms with E-state index in [1.54, 1.807) is 24.5 Å². The summed E-state index contributed by atoms with van der Waals surface area (Å²) in [7, 11) is 0. The Kier molecular flexibility index (Phi) is 8.09. The van der Waals surface area contributed by atoms with Crippen LogP contribution in [-0.4, -0.2) is 61.4 Å². The first-order chi connectivity index (χ1) is 20.2. The number of primary amides is 1. The maximum atomic E-state index is 14.2. The fraction of sp³-hybridized carbons (Fsp3) is 0.656. The van der Waals surface area contributed by atoms with Crippen LogP contribution in [0.4, 0.5) is 0 Å². The molecule has 0 spiro atoms. The molecule has 10 nitrogen and oxygen atoms in total. The van der Waals surface area contributed by atoms with E-state index in [9.17, 15) is 19.5 Å². The standard InChI is InChI=1S/C32H43N5O5/c1-18(2)29(30(33)38)42-35-28(32(40)41)27-31(39)37(26-12-4-3-11-25(26)34-27)24-16-21-9-6-10-22(17-24)36(21)23-14-19-7-5-8-20(13-19)15-23/h3-4,11-12,18-24,29H,5-10,13-17H2,1-2H3,(H2,33,38)(H,40,41)/t19-,20+,21-,22+,23?,24?,29?. The molecule has 0 radical (unpaired) electrons. The Hall–Kier alpha value is -3.27. The van der Waals surface area contributed by atoms with E-state index in [2.05, 4.69) is 15.0 Å². The molecule has 1 aromatic carbocycles. The number of aromatic nitrogens is 2. The second-order valence-electron chi connectivity index (χ2n) is 13.4. The molecule has 1 amide bonds. The summed E-state index contributed by atoms with van der Waals surface area (Å²) < 4.78 is 1.77. The van der Waals surface area contributed by atoms with Crippen molar-refractivity contribution < 1.29 is 19.5 Å². The number of hydrogen-bond acceptors (Lipinski definition) is 7. The van der Waals surface area contributed by atoms with Gasteiger partial charge in [-0.25, -0.2) is 9.78 Å². The van der Waals surface area contributed by atoms with Crippen molar-refractivity contribution in [1.82, 2.24) is 14.5 Å². The van der Waals surface area contributed by atoms with E-state index in [1.165, 1.54) is 44.9 Å². The van der Waals surface area contributed by atoms with Crippen molar-refractivity contribution in [2.24, 2.45) is 28.6 Å². The first-order valence-corrected chi connectivity index (χ1v) is 15.8. The molecule has 4 bridgehead atoms. The van der Waals surface area contributed by atoms with Crippen molar-refractivity contribution in [2.75, 3.05) is 0 Å². The van der Waals surface area contributed by atoms with Gasteiger partial charge in [-0.2, -0.15) is 0 Å². The van der Waals surface area contributed by atoms with Gasteiger partial charge >= 0.3 is 5.97 Å². The number of rotatable bonds is 8.